The molecule has 8 atom stereocenters. The van der Waals surface area contributed by atoms with E-state index in [1.54, 1.807) is 18.2 Å². The lowest BCUT2D eigenvalue weighted by atomic mass is 9.97. The van der Waals surface area contributed by atoms with Gasteiger partial charge in [0.2, 0.25) is 0 Å². The van der Waals surface area contributed by atoms with Crippen molar-refractivity contribution in [1.82, 2.24) is 0 Å². The molecule has 2 aliphatic rings. The summed E-state index contributed by atoms with van der Waals surface area (Å²) in [7, 11) is 0. The van der Waals surface area contributed by atoms with Gasteiger partial charge in [-0.2, -0.15) is 0 Å². The zero-order chi connectivity index (χ0) is 32.6. The van der Waals surface area contributed by atoms with Gasteiger partial charge in [0, 0.05) is 6.92 Å². The predicted molar refractivity (Wildman–Crippen MR) is 171 cm³/mol. The summed E-state index contributed by atoms with van der Waals surface area (Å²) >= 11 is 0. The molecule has 0 saturated carbocycles. The third-order valence-electron chi connectivity index (χ3n) is 7.46. The molecule has 0 aliphatic carbocycles. The summed E-state index contributed by atoms with van der Waals surface area (Å²) in [6.45, 7) is 14.6. The first kappa shape index (κ1) is 35.7. The lowest BCUT2D eigenvalue weighted by molar-refractivity contribution is -0.336. The zero-order valence-corrected chi connectivity index (χ0v) is 26.5. The Labute approximate surface area is 271 Å². The van der Waals surface area contributed by atoms with E-state index in [1.807, 2.05) is 60.7 Å². The smallest absolute Gasteiger partial charge is 0.302 e. The molecule has 2 aliphatic heterocycles. The minimum atomic E-state index is -0.985. The first-order valence-corrected chi connectivity index (χ1v) is 15.5. The molecule has 10 nitrogen and oxygen atoms in total. The van der Waals surface area contributed by atoms with Crippen LogP contribution in [0.4, 0.5) is 0 Å². The fraction of sp³-hybridized carbons (Fsp3) is 0.472. The molecule has 0 amide bonds. The Morgan fingerprint density at radius 3 is 1.98 bits per heavy atom. The Kier molecular flexibility index (Phi) is 15.1. The molecule has 2 fully saturated rings. The van der Waals surface area contributed by atoms with Crippen molar-refractivity contribution in [2.24, 2.45) is 0 Å². The second kappa shape index (κ2) is 19.5. The Morgan fingerprint density at radius 2 is 1.35 bits per heavy atom. The quantitative estimate of drug-likeness (QED) is 0.151. The summed E-state index contributed by atoms with van der Waals surface area (Å²) in [4.78, 5) is 11.8. The largest absolute Gasteiger partial charge is 0.463 e. The van der Waals surface area contributed by atoms with Gasteiger partial charge in [0.1, 0.15) is 49.3 Å². The van der Waals surface area contributed by atoms with Crippen molar-refractivity contribution in [3.8, 4) is 0 Å². The second-order valence-electron chi connectivity index (χ2n) is 10.9. The first-order valence-electron chi connectivity index (χ1n) is 15.5. The van der Waals surface area contributed by atoms with E-state index in [9.17, 15) is 4.79 Å². The average molecular weight is 639 g/mol. The molecular formula is C36H46O10. The van der Waals surface area contributed by atoms with Gasteiger partial charge >= 0.3 is 5.97 Å². The van der Waals surface area contributed by atoms with E-state index < -0.39 is 55.0 Å². The highest BCUT2D eigenvalue weighted by Crippen LogP contribution is 2.33. The molecule has 0 radical (unpaired) electrons. The maximum Gasteiger partial charge on any atom is 0.302 e. The molecule has 250 valence electrons. The highest BCUT2D eigenvalue weighted by molar-refractivity contribution is 5.65. The molecule has 46 heavy (non-hydrogen) atoms. The number of benzene rings is 2. The SMILES string of the molecule is C=CCO[C@H]1[C@H](OCC=C)[C@@H](OCc2ccccc2)C(O[C@H]2[C@@H](OCC=C)CO[C@@H]2COCc2ccccc2)O[C@@H]1COC(C)=O. The molecule has 2 saturated heterocycles. The van der Waals surface area contributed by atoms with Crippen molar-refractivity contribution in [1.29, 1.82) is 0 Å². The normalized spacial score (nSPS) is 27.6. The summed E-state index contributed by atoms with van der Waals surface area (Å²) in [6.07, 6.45) is -0.416. The molecule has 0 aromatic heterocycles. The Bertz CT molecular complexity index is 1190. The van der Waals surface area contributed by atoms with Gasteiger partial charge in [0.25, 0.3) is 0 Å². The van der Waals surface area contributed by atoms with E-state index in [-0.39, 0.29) is 33.0 Å². The Hall–Kier alpha value is -3.19. The molecule has 2 aromatic rings. The van der Waals surface area contributed by atoms with Crippen molar-refractivity contribution in [3.05, 3.63) is 110 Å². The molecule has 2 heterocycles. The van der Waals surface area contributed by atoms with Crippen molar-refractivity contribution in [2.75, 3.05) is 39.6 Å². The first-order chi connectivity index (χ1) is 22.5. The van der Waals surface area contributed by atoms with Gasteiger partial charge in [0.15, 0.2) is 6.29 Å². The maximum absolute atomic E-state index is 11.8. The molecule has 0 bridgehead atoms. The van der Waals surface area contributed by atoms with Gasteiger partial charge in [-0.3, -0.25) is 4.79 Å². The predicted octanol–water partition coefficient (Wildman–Crippen LogP) is 4.57. The highest BCUT2D eigenvalue weighted by atomic mass is 16.7. The van der Waals surface area contributed by atoms with Crippen LogP contribution in [0.15, 0.2) is 98.6 Å². The van der Waals surface area contributed by atoms with Gasteiger partial charge < -0.3 is 42.6 Å². The molecule has 4 rings (SSSR count). The van der Waals surface area contributed by atoms with Gasteiger partial charge in [-0.25, -0.2) is 0 Å². The number of hydrogen-bond acceptors (Lipinski definition) is 10. The number of carbonyl (C=O) groups is 1. The van der Waals surface area contributed by atoms with E-state index in [4.69, 9.17) is 42.6 Å². The number of carbonyl (C=O) groups excluding carboxylic acids is 1. The van der Waals surface area contributed by atoms with E-state index in [2.05, 4.69) is 19.7 Å². The van der Waals surface area contributed by atoms with Crippen LogP contribution in [0.25, 0.3) is 0 Å². The Balaban J connectivity index is 1.61. The van der Waals surface area contributed by atoms with Crippen LogP contribution in [0.3, 0.4) is 0 Å². The summed E-state index contributed by atoms with van der Waals surface area (Å²) < 4.78 is 55.9. The average Bonchev–Trinajstić information content (AvgIpc) is 3.45. The fourth-order valence-corrected chi connectivity index (χ4v) is 5.34. The van der Waals surface area contributed by atoms with Crippen LogP contribution in [-0.2, 0) is 60.6 Å². The molecule has 0 N–H and O–H groups in total. The van der Waals surface area contributed by atoms with E-state index >= 15 is 0 Å². The van der Waals surface area contributed by atoms with Gasteiger partial charge in [0.05, 0.1) is 46.2 Å². The van der Waals surface area contributed by atoms with E-state index in [0.717, 1.165) is 11.1 Å². The molecule has 1 unspecified atom stereocenters. The van der Waals surface area contributed by atoms with Crippen LogP contribution in [0.2, 0.25) is 0 Å². The monoisotopic (exact) mass is 638 g/mol. The van der Waals surface area contributed by atoms with Crippen molar-refractivity contribution >= 4 is 5.97 Å². The fourth-order valence-electron chi connectivity index (χ4n) is 5.34. The summed E-state index contributed by atoms with van der Waals surface area (Å²) in [5.41, 5.74) is 2.00. The zero-order valence-electron chi connectivity index (χ0n) is 26.5. The maximum atomic E-state index is 11.8. The van der Waals surface area contributed by atoms with Crippen molar-refractivity contribution in [2.45, 2.75) is 69.2 Å². The van der Waals surface area contributed by atoms with Crippen LogP contribution in [0.1, 0.15) is 18.1 Å². The van der Waals surface area contributed by atoms with E-state index in [1.165, 1.54) is 6.92 Å². The van der Waals surface area contributed by atoms with Crippen LogP contribution >= 0.6 is 0 Å². The number of hydrogen-bond donors (Lipinski definition) is 0. The van der Waals surface area contributed by atoms with Gasteiger partial charge in [-0.05, 0) is 11.1 Å². The van der Waals surface area contributed by atoms with Gasteiger partial charge in [-0.1, -0.05) is 78.9 Å². The summed E-state index contributed by atoms with van der Waals surface area (Å²) in [6, 6.07) is 19.7. The van der Waals surface area contributed by atoms with Crippen LogP contribution in [0.5, 0.6) is 0 Å². The Morgan fingerprint density at radius 1 is 0.739 bits per heavy atom. The molecule has 0 spiro atoms. The second-order valence-corrected chi connectivity index (χ2v) is 10.9. The van der Waals surface area contributed by atoms with Crippen LogP contribution in [-0.4, -0.2) is 94.6 Å². The third kappa shape index (κ3) is 10.7. The van der Waals surface area contributed by atoms with Crippen LogP contribution in [0, 0.1) is 0 Å². The van der Waals surface area contributed by atoms with E-state index in [0.29, 0.717) is 19.8 Å². The molecular weight excluding hydrogens is 592 g/mol. The molecule has 10 heteroatoms. The number of ether oxygens (including phenoxy) is 9. The summed E-state index contributed by atoms with van der Waals surface area (Å²) in [5.74, 6) is -0.452. The lowest BCUT2D eigenvalue weighted by Gasteiger charge is -2.46. The minimum absolute atomic E-state index is 0.0858. The lowest BCUT2D eigenvalue weighted by Crippen LogP contribution is -2.63. The minimum Gasteiger partial charge on any atom is -0.463 e. The standard InChI is InChI=1S/C36H46O10/c1-5-18-39-30-24-43-29(23-38-21-27-14-10-8-11-15-27)32(30)46-36-35(44-22-28-16-12-9-13-17-28)34(41-20-7-3)33(40-19-6-2)31(45-36)25-42-26(4)37/h5-17,29-36H,1-3,18-25H2,4H3/t29-,30+,31-,32-,33-,34+,35-,36?/m1/s1. The topological polar surface area (TPSA) is 100 Å². The van der Waals surface area contributed by atoms with Crippen molar-refractivity contribution in [3.63, 3.8) is 0 Å². The summed E-state index contributed by atoms with van der Waals surface area (Å²) in [5, 5.41) is 0. The number of esters is 1. The van der Waals surface area contributed by atoms with Crippen LogP contribution < -0.4 is 0 Å². The van der Waals surface area contributed by atoms with Crippen molar-refractivity contribution < 1.29 is 47.4 Å². The number of rotatable bonds is 20. The molecule has 2 aromatic carbocycles. The van der Waals surface area contributed by atoms with Gasteiger partial charge in [-0.15, -0.1) is 19.7 Å². The third-order valence-corrected chi connectivity index (χ3v) is 7.46. The highest BCUT2D eigenvalue weighted by Gasteiger charge is 2.52.